The second-order valence-electron chi connectivity index (χ2n) is 4.78. The third-order valence-electron chi connectivity index (χ3n) is 3.31. The highest BCUT2D eigenvalue weighted by molar-refractivity contribution is 7.99. The summed E-state index contributed by atoms with van der Waals surface area (Å²) in [5.41, 5.74) is 0. The zero-order valence-electron chi connectivity index (χ0n) is 11.2. The van der Waals surface area contributed by atoms with E-state index in [4.69, 9.17) is 16.3 Å². The van der Waals surface area contributed by atoms with Gasteiger partial charge in [-0.3, -0.25) is 0 Å². The first-order chi connectivity index (χ1) is 9.34. The van der Waals surface area contributed by atoms with Gasteiger partial charge in [-0.05, 0) is 24.3 Å². The highest BCUT2D eigenvalue weighted by Crippen LogP contribution is 2.19. The number of thioether (sulfide) groups is 1. The predicted molar refractivity (Wildman–Crippen MR) is 80.2 cm³/mol. The van der Waals surface area contributed by atoms with Crippen molar-refractivity contribution in [2.45, 2.75) is 4.90 Å². The Hall–Kier alpha value is -0.260. The van der Waals surface area contributed by atoms with Crippen molar-refractivity contribution >= 4 is 23.4 Å². The molecule has 1 aromatic carbocycles. The molecule has 5 heteroatoms. The molecule has 2 rings (SSSR count). The number of nitrogens with two attached hydrogens (primary N) is 1. The molecule has 0 aromatic heterocycles. The third-order valence-corrected chi connectivity index (χ3v) is 4.54. The van der Waals surface area contributed by atoms with Gasteiger partial charge in [-0.2, -0.15) is 0 Å². The lowest BCUT2D eigenvalue weighted by Crippen LogP contribution is -3.20. The summed E-state index contributed by atoms with van der Waals surface area (Å²) >= 11 is 7.67. The van der Waals surface area contributed by atoms with Gasteiger partial charge >= 0.3 is 0 Å². The van der Waals surface area contributed by atoms with Crippen LogP contribution in [0.3, 0.4) is 0 Å². The fraction of sp³-hybridized carbons (Fsp3) is 0.571. The van der Waals surface area contributed by atoms with Crippen molar-refractivity contribution in [1.82, 2.24) is 0 Å². The first kappa shape index (κ1) is 15.1. The van der Waals surface area contributed by atoms with E-state index in [1.54, 1.807) is 4.90 Å². The molecule has 3 nitrogen and oxygen atoms in total. The van der Waals surface area contributed by atoms with Gasteiger partial charge in [0.2, 0.25) is 0 Å². The predicted octanol–water partition coefficient (Wildman–Crippen LogP) is -0.0894. The van der Waals surface area contributed by atoms with Gasteiger partial charge in [0.1, 0.15) is 32.7 Å². The smallest absolute Gasteiger partial charge is 0.127 e. The molecule has 19 heavy (non-hydrogen) atoms. The molecular formula is C14H23ClN2OS+2. The molecule has 1 fully saturated rings. The van der Waals surface area contributed by atoms with Crippen molar-refractivity contribution in [3.8, 4) is 0 Å². The van der Waals surface area contributed by atoms with Crippen LogP contribution in [-0.4, -0.2) is 51.7 Å². The van der Waals surface area contributed by atoms with E-state index in [9.17, 15) is 0 Å². The number of nitrogens with one attached hydrogen (secondary N) is 1. The fourth-order valence-corrected chi connectivity index (χ4v) is 3.09. The van der Waals surface area contributed by atoms with Crippen LogP contribution in [-0.2, 0) is 4.74 Å². The Morgan fingerprint density at radius 2 is 1.89 bits per heavy atom. The van der Waals surface area contributed by atoms with E-state index < -0.39 is 0 Å². The Kier molecular flexibility index (Phi) is 7.03. The summed E-state index contributed by atoms with van der Waals surface area (Å²) in [6.45, 7) is 7.96. The molecule has 1 saturated heterocycles. The van der Waals surface area contributed by atoms with Gasteiger partial charge in [-0.25, -0.2) is 0 Å². The summed E-state index contributed by atoms with van der Waals surface area (Å²) in [4.78, 5) is 2.94. The fourth-order valence-electron chi connectivity index (χ4n) is 2.20. The summed E-state index contributed by atoms with van der Waals surface area (Å²) in [5, 5.41) is 3.19. The highest BCUT2D eigenvalue weighted by Gasteiger charge is 2.14. The molecule has 106 valence electrons. The molecular weight excluding hydrogens is 280 g/mol. The van der Waals surface area contributed by atoms with E-state index in [-0.39, 0.29) is 0 Å². The van der Waals surface area contributed by atoms with Crippen molar-refractivity contribution in [3.63, 3.8) is 0 Å². The van der Waals surface area contributed by atoms with Crippen LogP contribution in [0.5, 0.6) is 0 Å². The molecule has 0 saturated carbocycles. The monoisotopic (exact) mass is 302 g/mol. The van der Waals surface area contributed by atoms with Crippen LogP contribution in [0.15, 0.2) is 29.2 Å². The van der Waals surface area contributed by atoms with E-state index in [2.05, 4.69) is 17.4 Å². The van der Waals surface area contributed by atoms with Gasteiger partial charge < -0.3 is 15.0 Å². The molecule has 3 N–H and O–H groups in total. The zero-order chi connectivity index (χ0) is 13.3. The molecule has 0 atom stereocenters. The minimum absolute atomic E-state index is 0.794. The molecule has 0 bridgehead atoms. The Bertz CT molecular complexity index is 355. The number of quaternary nitrogens is 2. The van der Waals surface area contributed by atoms with Gasteiger partial charge in [-0.15, -0.1) is 11.8 Å². The van der Waals surface area contributed by atoms with Gasteiger partial charge in [0.25, 0.3) is 0 Å². The van der Waals surface area contributed by atoms with Gasteiger partial charge in [0.05, 0.1) is 13.2 Å². The van der Waals surface area contributed by atoms with E-state index in [1.807, 2.05) is 23.9 Å². The van der Waals surface area contributed by atoms with Crippen molar-refractivity contribution in [3.05, 3.63) is 29.3 Å². The lowest BCUT2D eigenvalue weighted by molar-refractivity contribution is -0.947. The lowest BCUT2D eigenvalue weighted by atomic mass is 10.4. The van der Waals surface area contributed by atoms with Crippen LogP contribution in [0.2, 0.25) is 5.02 Å². The van der Waals surface area contributed by atoms with Crippen molar-refractivity contribution in [2.24, 2.45) is 0 Å². The van der Waals surface area contributed by atoms with E-state index in [1.165, 1.54) is 31.1 Å². The Morgan fingerprint density at radius 1 is 1.16 bits per heavy atom. The first-order valence-electron chi connectivity index (χ1n) is 6.96. The van der Waals surface area contributed by atoms with Crippen LogP contribution in [0, 0.1) is 0 Å². The minimum Gasteiger partial charge on any atom is -0.375 e. The van der Waals surface area contributed by atoms with Crippen LogP contribution in [0.4, 0.5) is 0 Å². The molecule has 1 aliphatic rings. The van der Waals surface area contributed by atoms with Crippen LogP contribution in [0.1, 0.15) is 0 Å². The Morgan fingerprint density at radius 3 is 2.63 bits per heavy atom. The topological polar surface area (TPSA) is 30.3 Å². The standard InChI is InChI=1S/C14H21ClN2OS/c15-13-1-3-14(4-2-13)19-12-11-18-10-9-17-7-5-16-6-8-17/h1-4,16H,5-12H2/p+2. The number of piperazine rings is 1. The number of ether oxygens (including phenoxy) is 1. The van der Waals surface area contributed by atoms with Crippen LogP contribution in [0.25, 0.3) is 0 Å². The normalized spacial score (nSPS) is 16.7. The van der Waals surface area contributed by atoms with Crippen LogP contribution >= 0.6 is 23.4 Å². The second-order valence-corrected chi connectivity index (χ2v) is 6.39. The quantitative estimate of drug-likeness (QED) is 0.545. The van der Waals surface area contributed by atoms with Gasteiger partial charge in [-0.1, -0.05) is 11.6 Å². The first-order valence-corrected chi connectivity index (χ1v) is 8.32. The molecule has 0 aliphatic carbocycles. The third kappa shape index (κ3) is 6.15. The SMILES string of the molecule is Clc1ccc(SCCOCC[NH+]2CC[NH2+]CC2)cc1. The maximum atomic E-state index is 5.85. The highest BCUT2D eigenvalue weighted by atomic mass is 35.5. The number of benzene rings is 1. The average molecular weight is 303 g/mol. The molecule has 0 radical (unpaired) electrons. The molecule has 1 aliphatic heterocycles. The summed E-state index contributed by atoms with van der Waals surface area (Å²) in [7, 11) is 0. The lowest BCUT2D eigenvalue weighted by Gasteiger charge is -2.21. The zero-order valence-corrected chi connectivity index (χ0v) is 12.8. The van der Waals surface area contributed by atoms with Crippen molar-refractivity contribution in [2.75, 3.05) is 51.7 Å². The molecule has 0 spiro atoms. The maximum Gasteiger partial charge on any atom is 0.127 e. The maximum absolute atomic E-state index is 5.85. The molecule has 1 heterocycles. The number of halogens is 1. The number of rotatable bonds is 7. The van der Waals surface area contributed by atoms with E-state index in [0.29, 0.717) is 0 Å². The summed E-state index contributed by atoms with van der Waals surface area (Å²) in [6.07, 6.45) is 0. The minimum atomic E-state index is 0.794. The summed E-state index contributed by atoms with van der Waals surface area (Å²) in [5.74, 6) is 1.00. The van der Waals surface area contributed by atoms with E-state index >= 15 is 0 Å². The van der Waals surface area contributed by atoms with Gasteiger partial charge in [0, 0.05) is 15.7 Å². The van der Waals surface area contributed by atoms with Crippen molar-refractivity contribution < 1.29 is 15.0 Å². The average Bonchev–Trinajstić information content (AvgIpc) is 2.46. The molecule has 1 aromatic rings. The molecule has 0 unspecified atom stereocenters. The second kappa shape index (κ2) is 8.82. The summed E-state index contributed by atoms with van der Waals surface area (Å²) < 4.78 is 5.70. The van der Waals surface area contributed by atoms with E-state index in [0.717, 1.165) is 30.5 Å². The Labute approximate surface area is 124 Å². The number of hydrogen-bond donors (Lipinski definition) is 2. The molecule has 0 amide bonds. The summed E-state index contributed by atoms with van der Waals surface area (Å²) in [6, 6.07) is 7.98. The van der Waals surface area contributed by atoms with Crippen LogP contribution < -0.4 is 10.2 Å². The van der Waals surface area contributed by atoms with Gasteiger partial charge in [0.15, 0.2) is 0 Å². The Balaban J connectivity index is 1.49. The van der Waals surface area contributed by atoms with Crippen molar-refractivity contribution in [1.29, 1.82) is 0 Å². The number of hydrogen-bond acceptors (Lipinski definition) is 2. The largest absolute Gasteiger partial charge is 0.375 e.